The van der Waals surface area contributed by atoms with Gasteiger partial charge >= 0.3 is 0 Å². The van der Waals surface area contributed by atoms with Crippen LogP contribution in [0.3, 0.4) is 0 Å². The van der Waals surface area contributed by atoms with Crippen LogP contribution in [0.1, 0.15) is 24.0 Å². The highest BCUT2D eigenvalue weighted by Gasteiger charge is 2.23. The van der Waals surface area contributed by atoms with E-state index >= 15 is 0 Å². The van der Waals surface area contributed by atoms with Crippen LogP contribution < -0.4 is 9.64 Å². The molecule has 0 radical (unpaired) electrons. The maximum atomic E-state index is 9.03. The molecule has 1 aliphatic heterocycles. The van der Waals surface area contributed by atoms with E-state index in [0.717, 1.165) is 54.3 Å². The topological polar surface area (TPSA) is 74.9 Å². The molecule has 0 unspecified atom stereocenters. The largest absolute Gasteiger partial charge is 0.490 e. The van der Waals surface area contributed by atoms with Crippen LogP contribution in [-0.4, -0.2) is 34.1 Å². The van der Waals surface area contributed by atoms with Crippen molar-refractivity contribution >= 4 is 5.82 Å². The number of rotatable bonds is 4. The van der Waals surface area contributed by atoms with Gasteiger partial charge in [0.2, 0.25) is 0 Å². The minimum absolute atomic E-state index is 0.144. The predicted octanol–water partition coefficient (Wildman–Crippen LogP) is 3.77. The average Bonchev–Trinajstić information content (AvgIpc) is 2.75. The van der Waals surface area contributed by atoms with E-state index < -0.39 is 0 Å². The van der Waals surface area contributed by atoms with Crippen molar-refractivity contribution in [3.63, 3.8) is 0 Å². The van der Waals surface area contributed by atoms with E-state index in [1.165, 1.54) is 0 Å². The summed E-state index contributed by atoms with van der Waals surface area (Å²) >= 11 is 0. The SMILES string of the molecule is Cc1c(-c2cccnc2)ncnc1N1CCC(Oc2cccc(C#N)c2)CC1. The van der Waals surface area contributed by atoms with E-state index in [9.17, 15) is 0 Å². The molecule has 6 heteroatoms. The predicted molar refractivity (Wildman–Crippen MR) is 107 cm³/mol. The Kier molecular flexibility index (Phi) is 5.16. The molecular weight excluding hydrogens is 350 g/mol. The van der Waals surface area contributed by atoms with E-state index in [0.29, 0.717) is 5.56 Å². The minimum Gasteiger partial charge on any atom is -0.490 e. The maximum absolute atomic E-state index is 9.03. The average molecular weight is 371 g/mol. The van der Waals surface area contributed by atoms with Gasteiger partial charge in [-0.1, -0.05) is 6.07 Å². The summed E-state index contributed by atoms with van der Waals surface area (Å²) in [7, 11) is 0. The summed E-state index contributed by atoms with van der Waals surface area (Å²) < 4.78 is 6.09. The monoisotopic (exact) mass is 371 g/mol. The fourth-order valence-corrected chi connectivity index (χ4v) is 3.57. The fraction of sp³-hybridized carbons (Fsp3) is 0.273. The zero-order valence-electron chi connectivity index (χ0n) is 15.7. The van der Waals surface area contributed by atoms with Crippen molar-refractivity contribution in [2.75, 3.05) is 18.0 Å². The highest BCUT2D eigenvalue weighted by molar-refractivity contribution is 5.67. The molecule has 1 fully saturated rings. The van der Waals surface area contributed by atoms with Crippen molar-refractivity contribution in [2.24, 2.45) is 0 Å². The molecule has 4 rings (SSSR count). The van der Waals surface area contributed by atoms with E-state index in [4.69, 9.17) is 10.00 Å². The minimum atomic E-state index is 0.144. The first-order valence-electron chi connectivity index (χ1n) is 9.38. The van der Waals surface area contributed by atoms with Crippen molar-refractivity contribution < 1.29 is 4.74 Å². The van der Waals surface area contributed by atoms with Gasteiger partial charge in [-0.3, -0.25) is 4.98 Å². The quantitative estimate of drug-likeness (QED) is 0.695. The lowest BCUT2D eigenvalue weighted by Gasteiger charge is -2.33. The number of aromatic nitrogens is 3. The third-order valence-corrected chi connectivity index (χ3v) is 5.00. The van der Waals surface area contributed by atoms with Gasteiger partial charge in [0.1, 0.15) is 24.0 Å². The number of hydrogen-bond donors (Lipinski definition) is 0. The number of hydrogen-bond acceptors (Lipinski definition) is 6. The second-order valence-electron chi connectivity index (χ2n) is 6.86. The number of pyridine rings is 1. The molecule has 3 heterocycles. The Morgan fingerprint density at radius 3 is 2.75 bits per heavy atom. The number of nitrogens with zero attached hydrogens (tertiary/aromatic N) is 5. The molecule has 3 aromatic rings. The third-order valence-electron chi connectivity index (χ3n) is 5.00. The van der Waals surface area contributed by atoms with Crippen LogP contribution in [0, 0.1) is 18.3 Å². The van der Waals surface area contributed by atoms with E-state index in [1.807, 2.05) is 30.5 Å². The molecule has 1 aliphatic rings. The van der Waals surface area contributed by atoms with Gasteiger partial charge in [-0.25, -0.2) is 9.97 Å². The Bertz CT molecular complexity index is 991. The molecule has 0 atom stereocenters. The van der Waals surface area contributed by atoms with Gasteiger partial charge in [-0.15, -0.1) is 0 Å². The van der Waals surface area contributed by atoms with Gasteiger partial charge in [0.05, 0.1) is 17.3 Å². The van der Waals surface area contributed by atoms with Crippen molar-refractivity contribution in [1.82, 2.24) is 15.0 Å². The van der Waals surface area contributed by atoms with Crippen LogP contribution in [0.15, 0.2) is 55.1 Å². The van der Waals surface area contributed by atoms with Crippen LogP contribution in [-0.2, 0) is 0 Å². The molecule has 1 aromatic carbocycles. The molecule has 140 valence electrons. The molecule has 28 heavy (non-hydrogen) atoms. The first-order valence-corrected chi connectivity index (χ1v) is 9.38. The highest BCUT2D eigenvalue weighted by Crippen LogP contribution is 2.29. The summed E-state index contributed by atoms with van der Waals surface area (Å²) in [6, 6.07) is 13.4. The molecule has 0 saturated carbocycles. The van der Waals surface area contributed by atoms with Crippen LogP contribution in [0.5, 0.6) is 5.75 Å². The Labute approximate surface area is 164 Å². The van der Waals surface area contributed by atoms with Crippen molar-refractivity contribution in [1.29, 1.82) is 5.26 Å². The lowest BCUT2D eigenvalue weighted by Crippen LogP contribution is -2.39. The normalized spacial score (nSPS) is 14.5. The van der Waals surface area contributed by atoms with Gasteiger partial charge in [0.25, 0.3) is 0 Å². The van der Waals surface area contributed by atoms with Gasteiger partial charge in [-0.2, -0.15) is 5.26 Å². The highest BCUT2D eigenvalue weighted by atomic mass is 16.5. The van der Waals surface area contributed by atoms with Crippen molar-refractivity contribution in [3.05, 3.63) is 66.2 Å². The van der Waals surface area contributed by atoms with Crippen LogP contribution in [0.4, 0.5) is 5.82 Å². The maximum Gasteiger partial charge on any atom is 0.135 e. The summed E-state index contributed by atoms with van der Waals surface area (Å²) in [6.45, 7) is 3.80. The second kappa shape index (κ2) is 8.05. The van der Waals surface area contributed by atoms with Crippen molar-refractivity contribution in [2.45, 2.75) is 25.9 Å². The number of nitriles is 1. The third kappa shape index (κ3) is 3.79. The molecule has 0 bridgehead atoms. The second-order valence-corrected chi connectivity index (χ2v) is 6.86. The molecule has 0 amide bonds. The van der Waals surface area contributed by atoms with E-state index in [1.54, 1.807) is 24.7 Å². The molecule has 0 aliphatic carbocycles. The molecular formula is C22H21N5O. The summed E-state index contributed by atoms with van der Waals surface area (Å²) in [5.41, 5.74) is 3.61. The summed E-state index contributed by atoms with van der Waals surface area (Å²) in [6.07, 6.45) is 7.17. The van der Waals surface area contributed by atoms with Crippen molar-refractivity contribution in [3.8, 4) is 23.1 Å². The smallest absolute Gasteiger partial charge is 0.135 e. The van der Waals surface area contributed by atoms with Gasteiger partial charge in [0.15, 0.2) is 0 Å². The summed E-state index contributed by atoms with van der Waals surface area (Å²) in [4.78, 5) is 15.5. The molecule has 0 spiro atoms. The number of piperidine rings is 1. The van der Waals surface area contributed by atoms with Crippen LogP contribution >= 0.6 is 0 Å². The Morgan fingerprint density at radius 2 is 2.00 bits per heavy atom. The number of ether oxygens (including phenoxy) is 1. The zero-order chi connectivity index (χ0) is 19.3. The lowest BCUT2D eigenvalue weighted by molar-refractivity contribution is 0.170. The molecule has 1 saturated heterocycles. The lowest BCUT2D eigenvalue weighted by atomic mass is 10.1. The number of anilines is 1. The number of benzene rings is 1. The standard InChI is InChI=1S/C22H21N5O/c1-16-21(18-5-3-9-24-14-18)25-15-26-22(16)27-10-7-19(8-11-27)28-20-6-2-4-17(12-20)13-23/h2-6,9,12,14-15,19H,7-8,10-11H2,1H3. The van der Waals surface area contributed by atoms with Crippen LogP contribution in [0.25, 0.3) is 11.3 Å². The Hall–Kier alpha value is -3.46. The Balaban J connectivity index is 1.45. The van der Waals surface area contributed by atoms with Crippen LogP contribution in [0.2, 0.25) is 0 Å². The zero-order valence-corrected chi connectivity index (χ0v) is 15.7. The summed E-state index contributed by atoms with van der Waals surface area (Å²) in [5.74, 6) is 1.73. The first-order chi connectivity index (χ1) is 13.7. The molecule has 2 aromatic heterocycles. The van der Waals surface area contributed by atoms with E-state index in [-0.39, 0.29) is 6.10 Å². The van der Waals surface area contributed by atoms with Gasteiger partial charge < -0.3 is 9.64 Å². The summed E-state index contributed by atoms with van der Waals surface area (Å²) in [5, 5.41) is 9.03. The fourth-order valence-electron chi connectivity index (χ4n) is 3.57. The first kappa shape index (κ1) is 17.9. The van der Waals surface area contributed by atoms with Gasteiger partial charge in [-0.05, 0) is 37.3 Å². The molecule has 0 N–H and O–H groups in total. The molecule has 6 nitrogen and oxygen atoms in total. The van der Waals surface area contributed by atoms with Gasteiger partial charge in [0, 0.05) is 49.5 Å². The Morgan fingerprint density at radius 1 is 1.14 bits per heavy atom. The van der Waals surface area contributed by atoms with E-state index in [2.05, 4.69) is 32.8 Å².